The highest BCUT2D eigenvalue weighted by molar-refractivity contribution is 5.89. The van der Waals surface area contributed by atoms with Crippen LogP contribution in [-0.2, 0) is 14.3 Å². The van der Waals surface area contributed by atoms with Crippen molar-refractivity contribution in [3.8, 4) is 0 Å². The summed E-state index contributed by atoms with van der Waals surface area (Å²) in [7, 11) is 1.27. The number of ether oxygens (including phenoxy) is 2. The first-order valence-electron chi connectivity index (χ1n) is 3.80. The SMILES string of the molecule is COC1OC(C(O)CO)C(=O)C1O. The van der Waals surface area contributed by atoms with Gasteiger partial charge in [-0.3, -0.25) is 4.79 Å². The molecule has 1 aliphatic heterocycles. The molecule has 6 heteroatoms. The number of aliphatic hydroxyl groups is 3. The van der Waals surface area contributed by atoms with Crippen LogP contribution in [0.15, 0.2) is 0 Å². The number of rotatable bonds is 3. The molecule has 3 N–H and O–H groups in total. The van der Waals surface area contributed by atoms with Gasteiger partial charge in [-0.15, -0.1) is 0 Å². The highest BCUT2D eigenvalue weighted by Crippen LogP contribution is 2.19. The largest absolute Gasteiger partial charge is 0.394 e. The first-order valence-corrected chi connectivity index (χ1v) is 3.80. The van der Waals surface area contributed by atoms with Crippen molar-refractivity contribution >= 4 is 5.78 Å². The van der Waals surface area contributed by atoms with Crippen molar-refractivity contribution in [2.24, 2.45) is 0 Å². The summed E-state index contributed by atoms with van der Waals surface area (Å²) < 4.78 is 9.49. The van der Waals surface area contributed by atoms with Gasteiger partial charge in [-0.25, -0.2) is 0 Å². The normalized spacial score (nSPS) is 36.6. The van der Waals surface area contributed by atoms with Gasteiger partial charge in [-0.1, -0.05) is 0 Å². The van der Waals surface area contributed by atoms with Crippen LogP contribution in [0.25, 0.3) is 0 Å². The van der Waals surface area contributed by atoms with Gasteiger partial charge in [0.05, 0.1) is 6.61 Å². The molecule has 0 radical (unpaired) electrons. The Balaban J connectivity index is 2.65. The van der Waals surface area contributed by atoms with Crippen LogP contribution in [0.5, 0.6) is 0 Å². The summed E-state index contributed by atoms with van der Waals surface area (Å²) in [6.45, 7) is -0.598. The van der Waals surface area contributed by atoms with Gasteiger partial charge in [0.15, 0.2) is 18.2 Å². The van der Waals surface area contributed by atoms with Crippen LogP contribution < -0.4 is 0 Å². The van der Waals surface area contributed by atoms with E-state index in [1.165, 1.54) is 7.11 Å². The molecule has 0 bridgehead atoms. The van der Waals surface area contributed by atoms with E-state index in [1.807, 2.05) is 0 Å². The average Bonchev–Trinajstić information content (AvgIpc) is 2.43. The molecule has 4 unspecified atom stereocenters. The first kappa shape index (κ1) is 10.6. The van der Waals surface area contributed by atoms with E-state index in [-0.39, 0.29) is 0 Å². The Morgan fingerprint density at radius 1 is 1.69 bits per heavy atom. The Bertz CT molecular complexity index is 193. The molecule has 1 aliphatic rings. The van der Waals surface area contributed by atoms with Gasteiger partial charge in [-0.2, -0.15) is 0 Å². The standard InChI is InChI=1S/C7H12O6/c1-12-7-5(11)4(10)6(13-7)3(9)2-8/h3,5-9,11H,2H2,1H3. The van der Waals surface area contributed by atoms with E-state index in [0.717, 1.165) is 0 Å². The average molecular weight is 192 g/mol. The summed E-state index contributed by atoms with van der Waals surface area (Å²) in [5, 5.41) is 26.8. The summed E-state index contributed by atoms with van der Waals surface area (Å²) in [4.78, 5) is 11.1. The molecule has 13 heavy (non-hydrogen) atoms. The molecule has 1 fully saturated rings. The zero-order chi connectivity index (χ0) is 10.0. The van der Waals surface area contributed by atoms with Crippen LogP contribution in [0.1, 0.15) is 0 Å². The zero-order valence-corrected chi connectivity index (χ0v) is 7.08. The van der Waals surface area contributed by atoms with Gasteiger partial charge in [0.1, 0.15) is 12.2 Å². The van der Waals surface area contributed by atoms with Crippen molar-refractivity contribution in [2.75, 3.05) is 13.7 Å². The maximum atomic E-state index is 11.1. The van der Waals surface area contributed by atoms with Crippen LogP contribution in [0.3, 0.4) is 0 Å². The topological polar surface area (TPSA) is 96.2 Å². The van der Waals surface area contributed by atoms with Gasteiger partial charge >= 0.3 is 0 Å². The number of methoxy groups -OCH3 is 1. The predicted octanol–water partition coefficient (Wildman–Crippen LogP) is -2.36. The van der Waals surface area contributed by atoms with Crippen molar-refractivity contribution in [3.05, 3.63) is 0 Å². The molecular formula is C7H12O6. The number of carbonyl (C=O) groups excluding carboxylic acids is 1. The fourth-order valence-electron chi connectivity index (χ4n) is 1.15. The molecule has 0 spiro atoms. The fourth-order valence-corrected chi connectivity index (χ4v) is 1.15. The molecule has 1 saturated heterocycles. The third-order valence-corrected chi connectivity index (χ3v) is 1.88. The lowest BCUT2D eigenvalue weighted by Crippen LogP contribution is -2.36. The van der Waals surface area contributed by atoms with Gasteiger partial charge < -0.3 is 24.8 Å². The predicted molar refractivity (Wildman–Crippen MR) is 39.8 cm³/mol. The van der Waals surface area contributed by atoms with Crippen molar-refractivity contribution in [2.45, 2.75) is 24.6 Å². The summed E-state index contributed by atoms with van der Waals surface area (Å²) in [6.07, 6.45) is -4.97. The number of carbonyl (C=O) groups is 1. The molecule has 0 aromatic rings. The molecule has 0 aromatic heterocycles. The van der Waals surface area contributed by atoms with E-state index in [4.69, 9.17) is 14.9 Å². The second kappa shape index (κ2) is 4.12. The number of hydrogen-bond donors (Lipinski definition) is 3. The summed E-state index contributed by atoms with van der Waals surface area (Å²) in [5.74, 6) is -0.673. The van der Waals surface area contributed by atoms with Crippen molar-refractivity contribution in [3.63, 3.8) is 0 Å². The first-order chi connectivity index (χ1) is 6.11. The molecule has 76 valence electrons. The van der Waals surface area contributed by atoms with Crippen molar-refractivity contribution < 1.29 is 29.6 Å². The van der Waals surface area contributed by atoms with Crippen LogP contribution in [0.4, 0.5) is 0 Å². The highest BCUT2D eigenvalue weighted by Gasteiger charge is 2.45. The third kappa shape index (κ3) is 1.87. The fraction of sp³-hybridized carbons (Fsp3) is 0.857. The Morgan fingerprint density at radius 3 is 2.69 bits per heavy atom. The molecule has 1 heterocycles. The second-order valence-corrected chi connectivity index (χ2v) is 2.76. The Kier molecular flexibility index (Phi) is 3.34. The van der Waals surface area contributed by atoms with E-state index in [9.17, 15) is 9.90 Å². The van der Waals surface area contributed by atoms with E-state index in [1.54, 1.807) is 0 Å². The summed E-state index contributed by atoms with van der Waals surface area (Å²) in [6, 6.07) is 0. The molecule has 4 atom stereocenters. The molecule has 0 aromatic carbocycles. The minimum Gasteiger partial charge on any atom is -0.394 e. The molecule has 0 amide bonds. The van der Waals surface area contributed by atoms with Gasteiger partial charge in [0, 0.05) is 7.11 Å². The minimum absolute atomic E-state index is 0.598. The van der Waals surface area contributed by atoms with E-state index < -0.39 is 37.0 Å². The van der Waals surface area contributed by atoms with E-state index >= 15 is 0 Å². The lowest BCUT2D eigenvalue weighted by atomic mass is 10.1. The number of hydrogen-bond acceptors (Lipinski definition) is 6. The van der Waals surface area contributed by atoms with E-state index in [2.05, 4.69) is 4.74 Å². The molecule has 1 rings (SSSR count). The molecule has 0 saturated carbocycles. The minimum atomic E-state index is -1.39. The smallest absolute Gasteiger partial charge is 0.198 e. The highest BCUT2D eigenvalue weighted by atomic mass is 16.7. The molecular weight excluding hydrogens is 180 g/mol. The van der Waals surface area contributed by atoms with E-state index in [0.29, 0.717) is 0 Å². The van der Waals surface area contributed by atoms with Gasteiger partial charge in [0.2, 0.25) is 0 Å². The maximum Gasteiger partial charge on any atom is 0.198 e. The van der Waals surface area contributed by atoms with Crippen molar-refractivity contribution in [1.29, 1.82) is 0 Å². The zero-order valence-electron chi connectivity index (χ0n) is 7.08. The van der Waals surface area contributed by atoms with Gasteiger partial charge in [-0.05, 0) is 0 Å². The molecule has 6 nitrogen and oxygen atoms in total. The Hall–Kier alpha value is -0.530. The third-order valence-electron chi connectivity index (χ3n) is 1.88. The van der Waals surface area contributed by atoms with Crippen LogP contribution in [0.2, 0.25) is 0 Å². The quantitative estimate of drug-likeness (QED) is 0.463. The van der Waals surface area contributed by atoms with Crippen LogP contribution in [-0.4, -0.2) is 59.4 Å². The number of ketones is 1. The van der Waals surface area contributed by atoms with Crippen molar-refractivity contribution in [1.82, 2.24) is 0 Å². The lowest BCUT2D eigenvalue weighted by molar-refractivity contribution is -0.166. The summed E-state index contributed by atoms with van der Waals surface area (Å²) in [5.41, 5.74) is 0. The maximum absolute atomic E-state index is 11.1. The Labute approximate surface area is 74.7 Å². The Morgan fingerprint density at radius 2 is 2.31 bits per heavy atom. The molecule has 0 aliphatic carbocycles. The monoisotopic (exact) mass is 192 g/mol. The van der Waals surface area contributed by atoms with Crippen LogP contribution in [0, 0.1) is 0 Å². The number of aliphatic hydroxyl groups excluding tert-OH is 3. The van der Waals surface area contributed by atoms with Crippen LogP contribution >= 0.6 is 0 Å². The lowest BCUT2D eigenvalue weighted by Gasteiger charge is -2.14. The van der Waals surface area contributed by atoms with Gasteiger partial charge in [0.25, 0.3) is 0 Å². The number of Topliss-reactive ketones (excluding diaryl/α,β-unsaturated/α-hetero) is 1. The summed E-state index contributed by atoms with van der Waals surface area (Å²) >= 11 is 0. The second-order valence-electron chi connectivity index (χ2n) is 2.76.